The van der Waals surface area contributed by atoms with Gasteiger partial charge in [0.05, 0.1) is 0 Å². The number of carboxylic acids is 1. The van der Waals surface area contributed by atoms with Crippen LogP contribution in [-0.4, -0.2) is 27.9 Å². The van der Waals surface area contributed by atoms with E-state index in [2.05, 4.69) is 5.32 Å². The molecule has 2 rings (SSSR count). The molecule has 0 atom stereocenters. The third-order valence-electron chi connectivity index (χ3n) is 3.57. The largest absolute Gasteiger partial charge is 0.478 e. The second-order valence-corrected chi connectivity index (χ2v) is 4.94. The Balaban J connectivity index is 2.03. The number of carboxylic acid groups (broad SMARTS) is 1. The van der Waals surface area contributed by atoms with E-state index in [1.165, 1.54) is 18.7 Å². The number of aliphatic carboxylic acids is 1. The van der Waals surface area contributed by atoms with Crippen molar-refractivity contribution >= 4 is 17.9 Å². The lowest BCUT2D eigenvalue weighted by molar-refractivity contribution is -0.133. The van der Waals surface area contributed by atoms with Gasteiger partial charge in [-0.2, -0.15) is 0 Å². The summed E-state index contributed by atoms with van der Waals surface area (Å²) in [7, 11) is 0. The highest BCUT2D eigenvalue weighted by atomic mass is 16.4. The van der Waals surface area contributed by atoms with Gasteiger partial charge in [-0.3, -0.25) is 10.1 Å². The number of urea groups is 1. The summed E-state index contributed by atoms with van der Waals surface area (Å²) in [6, 6.07) is 7.14. The molecule has 0 aromatic heterocycles. The highest BCUT2D eigenvalue weighted by Gasteiger charge is 2.25. The van der Waals surface area contributed by atoms with Crippen molar-refractivity contribution in [1.29, 1.82) is 0 Å². The van der Waals surface area contributed by atoms with Gasteiger partial charge in [0.1, 0.15) is 0 Å². The fourth-order valence-corrected chi connectivity index (χ4v) is 2.08. The first-order chi connectivity index (χ1) is 9.90. The minimum Gasteiger partial charge on any atom is -0.478 e. The van der Waals surface area contributed by atoms with Crippen molar-refractivity contribution in [3.05, 3.63) is 46.5 Å². The number of rotatable bonds is 2. The normalized spacial score (nSPS) is 14.3. The molecule has 0 unspecified atom stereocenters. The highest BCUT2D eigenvalue weighted by Crippen LogP contribution is 2.22. The van der Waals surface area contributed by atoms with E-state index in [0.29, 0.717) is 13.1 Å². The number of nitrogens with one attached hydrogen (secondary N) is 1. The molecule has 1 heterocycles. The molecule has 1 aromatic rings. The molecular formula is C15H16N2O4. The van der Waals surface area contributed by atoms with Crippen LogP contribution in [0.3, 0.4) is 0 Å². The van der Waals surface area contributed by atoms with Crippen molar-refractivity contribution in [3.8, 4) is 0 Å². The molecule has 3 amide bonds. The fourth-order valence-electron chi connectivity index (χ4n) is 2.08. The summed E-state index contributed by atoms with van der Waals surface area (Å²) in [5.74, 6) is -1.86. The number of carbonyl (C=O) groups excluding carboxylic acids is 2. The monoisotopic (exact) mass is 288 g/mol. The quantitative estimate of drug-likeness (QED) is 0.810. The van der Waals surface area contributed by atoms with Crippen molar-refractivity contribution in [3.63, 3.8) is 0 Å². The highest BCUT2D eigenvalue weighted by molar-refractivity contribution is 6.07. The predicted octanol–water partition coefficient (Wildman–Crippen LogP) is 1.66. The van der Waals surface area contributed by atoms with Gasteiger partial charge in [-0.15, -0.1) is 0 Å². The molecule has 110 valence electrons. The smallest absolute Gasteiger partial charge is 0.331 e. The van der Waals surface area contributed by atoms with Crippen LogP contribution in [0.1, 0.15) is 25.0 Å². The van der Waals surface area contributed by atoms with Crippen LogP contribution in [0.2, 0.25) is 0 Å². The Morgan fingerprint density at radius 2 is 1.57 bits per heavy atom. The SMILES string of the molecule is CC(C(=O)O)=C(C)C(=O)NC(=O)N1Cc2ccccc2C1. The van der Waals surface area contributed by atoms with Gasteiger partial charge in [0, 0.05) is 24.2 Å². The Kier molecular flexibility index (Phi) is 4.07. The number of benzene rings is 1. The zero-order valence-corrected chi connectivity index (χ0v) is 11.8. The van der Waals surface area contributed by atoms with Gasteiger partial charge in [-0.05, 0) is 25.0 Å². The Labute approximate surface area is 122 Å². The number of hydrogen-bond donors (Lipinski definition) is 2. The summed E-state index contributed by atoms with van der Waals surface area (Å²) < 4.78 is 0. The summed E-state index contributed by atoms with van der Waals surface area (Å²) in [5.41, 5.74) is 2.04. The molecule has 2 N–H and O–H groups in total. The topological polar surface area (TPSA) is 86.7 Å². The molecular weight excluding hydrogens is 272 g/mol. The Bertz CT molecular complexity index is 624. The van der Waals surface area contributed by atoms with E-state index in [-0.39, 0.29) is 11.1 Å². The Morgan fingerprint density at radius 1 is 1.05 bits per heavy atom. The van der Waals surface area contributed by atoms with Crippen LogP contribution in [-0.2, 0) is 22.7 Å². The van der Waals surface area contributed by atoms with Gasteiger partial charge in [0.25, 0.3) is 5.91 Å². The van der Waals surface area contributed by atoms with Gasteiger partial charge in [-0.1, -0.05) is 24.3 Å². The summed E-state index contributed by atoms with van der Waals surface area (Å²) in [4.78, 5) is 36.2. The summed E-state index contributed by atoms with van der Waals surface area (Å²) >= 11 is 0. The zero-order chi connectivity index (χ0) is 15.6. The molecule has 0 spiro atoms. The van der Waals surface area contributed by atoms with Crippen molar-refractivity contribution in [1.82, 2.24) is 10.2 Å². The second kappa shape index (κ2) is 5.78. The second-order valence-electron chi connectivity index (χ2n) is 4.94. The predicted molar refractivity (Wildman–Crippen MR) is 75.2 cm³/mol. The van der Waals surface area contributed by atoms with Crippen LogP contribution in [0, 0.1) is 0 Å². The number of fused-ring (bicyclic) bond motifs is 1. The third kappa shape index (κ3) is 3.10. The molecule has 21 heavy (non-hydrogen) atoms. The first-order valence-electron chi connectivity index (χ1n) is 6.48. The molecule has 0 saturated heterocycles. The first kappa shape index (κ1) is 14.8. The molecule has 0 fully saturated rings. The average molecular weight is 288 g/mol. The molecule has 1 aromatic carbocycles. The van der Waals surface area contributed by atoms with Crippen LogP contribution >= 0.6 is 0 Å². The number of imide groups is 1. The molecule has 1 aliphatic heterocycles. The van der Waals surface area contributed by atoms with Crippen molar-refractivity contribution in [2.45, 2.75) is 26.9 Å². The summed E-state index contributed by atoms with van der Waals surface area (Å²) in [5, 5.41) is 11.1. The maximum absolute atomic E-state index is 12.0. The van der Waals surface area contributed by atoms with E-state index >= 15 is 0 Å². The van der Waals surface area contributed by atoms with Crippen LogP contribution in [0.15, 0.2) is 35.4 Å². The van der Waals surface area contributed by atoms with Crippen molar-refractivity contribution in [2.75, 3.05) is 0 Å². The van der Waals surface area contributed by atoms with Gasteiger partial charge < -0.3 is 10.0 Å². The van der Waals surface area contributed by atoms with Gasteiger partial charge in [0.2, 0.25) is 0 Å². The molecule has 0 bridgehead atoms. The molecule has 1 aliphatic rings. The first-order valence-corrected chi connectivity index (χ1v) is 6.48. The average Bonchev–Trinajstić information content (AvgIpc) is 2.89. The van der Waals surface area contributed by atoms with Gasteiger partial charge >= 0.3 is 12.0 Å². The lowest BCUT2D eigenvalue weighted by Crippen LogP contribution is -2.40. The van der Waals surface area contributed by atoms with Crippen LogP contribution in [0.4, 0.5) is 4.79 Å². The summed E-state index contributed by atoms with van der Waals surface area (Å²) in [6.45, 7) is 3.59. The van der Waals surface area contributed by atoms with Crippen LogP contribution in [0.25, 0.3) is 0 Å². The lowest BCUT2D eigenvalue weighted by Gasteiger charge is -2.16. The summed E-state index contributed by atoms with van der Waals surface area (Å²) in [6.07, 6.45) is 0. The van der Waals surface area contributed by atoms with E-state index in [9.17, 15) is 14.4 Å². The van der Waals surface area contributed by atoms with Crippen LogP contribution in [0.5, 0.6) is 0 Å². The van der Waals surface area contributed by atoms with E-state index in [4.69, 9.17) is 5.11 Å². The number of carbonyl (C=O) groups is 3. The third-order valence-corrected chi connectivity index (χ3v) is 3.57. The number of hydrogen-bond acceptors (Lipinski definition) is 3. The maximum Gasteiger partial charge on any atom is 0.331 e. The van der Waals surface area contributed by atoms with E-state index < -0.39 is 17.9 Å². The maximum atomic E-state index is 12.0. The minimum atomic E-state index is -1.18. The van der Waals surface area contributed by atoms with Crippen molar-refractivity contribution in [2.24, 2.45) is 0 Å². The van der Waals surface area contributed by atoms with E-state index in [0.717, 1.165) is 11.1 Å². The molecule has 0 saturated carbocycles. The number of nitrogens with zero attached hydrogens (tertiary/aromatic N) is 1. The molecule has 6 heteroatoms. The van der Waals surface area contributed by atoms with E-state index in [1.807, 2.05) is 24.3 Å². The Morgan fingerprint density at radius 3 is 2.05 bits per heavy atom. The molecule has 0 radical (unpaired) electrons. The Hall–Kier alpha value is -2.63. The van der Waals surface area contributed by atoms with Gasteiger partial charge in [-0.25, -0.2) is 9.59 Å². The molecule has 6 nitrogen and oxygen atoms in total. The lowest BCUT2D eigenvalue weighted by atomic mass is 10.1. The van der Waals surface area contributed by atoms with Gasteiger partial charge in [0.15, 0.2) is 0 Å². The minimum absolute atomic E-state index is 0.0209. The standard InChI is InChI=1S/C15H16N2O4/c1-9(10(2)14(19)20)13(18)16-15(21)17-7-11-5-3-4-6-12(11)8-17/h3-6H,7-8H2,1-2H3,(H,19,20)(H,16,18,21). The molecule has 0 aliphatic carbocycles. The number of amides is 3. The van der Waals surface area contributed by atoms with Crippen LogP contribution < -0.4 is 5.32 Å². The van der Waals surface area contributed by atoms with E-state index in [1.54, 1.807) is 0 Å². The van der Waals surface area contributed by atoms with Crippen molar-refractivity contribution < 1.29 is 19.5 Å². The fraction of sp³-hybridized carbons (Fsp3) is 0.267. The zero-order valence-electron chi connectivity index (χ0n) is 11.8.